The molecule has 0 N–H and O–H groups in total. The Morgan fingerprint density at radius 2 is 0.440 bits per heavy atom. The van der Waals surface area contributed by atoms with Crippen molar-refractivity contribution < 1.29 is 0 Å². The average Bonchev–Trinajstić information content (AvgIpc) is 1.58. The molecular weight excluding hydrogens is 1320 g/mol. The molecule has 4 aromatic heterocycles. The van der Waals surface area contributed by atoms with Crippen LogP contribution in [-0.2, 0) is 5.41 Å². The molecule has 510 valence electrons. The first kappa shape index (κ1) is 62.3. The fraction of sp³-hybridized carbons (Fsp3) is 0.0286. The summed E-state index contributed by atoms with van der Waals surface area (Å²) in [6.45, 7) is 4.72. The fourth-order valence-corrected chi connectivity index (χ4v) is 18.2. The second-order valence-corrected chi connectivity index (χ2v) is 30.0. The normalized spacial score (nSPS) is 12.6. The van der Waals surface area contributed by atoms with E-state index < -0.39 is 0 Å². The molecule has 109 heavy (non-hydrogen) atoms. The third-order valence-corrected chi connectivity index (χ3v) is 23.6. The zero-order valence-electron chi connectivity index (χ0n) is 60.2. The summed E-state index contributed by atoms with van der Waals surface area (Å²) in [5, 5.41) is 17.6. The van der Waals surface area contributed by atoms with Gasteiger partial charge in [-0.1, -0.05) is 293 Å². The Labute approximate surface area is 630 Å². The lowest BCUT2D eigenvalue weighted by molar-refractivity contribution is 0.660. The van der Waals surface area contributed by atoms with Crippen LogP contribution < -0.4 is 0 Å². The Hall–Kier alpha value is -14.1. The predicted octanol–water partition coefficient (Wildman–Crippen LogP) is 28.2. The van der Waals surface area contributed by atoms with Gasteiger partial charge in [-0.2, -0.15) is 0 Å². The van der Waals surface area contributed by atoms with Gasteiger partial charge >= 0.3 is 0 Å². The molecule has 0 amide bonds. The van der Waals surface area contributed by atoms with Crippen molar-refractivity contribution in [1.29, 1.82) is 0 Å². The van der Waals surface area contributed by atoms with E-state index in [1.807, 2.05) is 0 Å². The van der Waals surface area contributed by atoms with Crippen LogP contribution in [0.1, 0.15) is 25.0 Å². The second-order valence-electron chi connectivity index (χ2n) is 30.0. The summed E-state index contributed by atoms with van der Waals surface area (Å²) in [6.07, 6.45) is 0. The van der Waals surface area contributed by atoms with E-state index >= 15 is 0 Å². The molecule has 4 heteroatoms. The topological polar surface area (TPSA) is 19.7 Å². The maximum absolute atomic E-state index is 2.46. The van der Waals surface area contributed by atoms with E-state index in [-0.39, 0.29) is 5.41 Å². The van der Waals surface area contributed by atoms with Gasteiger partial charge in [0.2, 0.25) is 0 Å². The third kappa shape index (κ3) is 9.99. The molecule has 0 bridgehead atoms. The number of aromatic nitrogens is 4. The smallest absolute Gasteiger partial charge is 0.0547 e. The molecule has 4 nitrogen and oxygen atoms in total. The van der Waals surface area contributed by atoms with E-state index in [0.29, 0.717) is 0 Å². The molecule has 1 aliphatic rings. The van der Waals surface area contributed by atoms with Gasteiger partial charge in [0.05, 0.1) is 44.1 Å². The number of hydrogen-bond donors (Lipinski definition) is 0. The summed E-state index contributed by atoms with van der Waals surface area (Å²) in [4.78, 5) is 0. The van der Waals surface area contributed by atoms with Crippen molar-refractivity contribution in [3.05, 3.63) is 399 Å². The average molecular weight is 1390 g/mol. The van der Waals surface area contributed by atoms with Gasteiger partial charge in [0.15, 0.2) is 0 Å². The van der Waals surface area contributed by atoms with Crippen molar-refractivity contribution in [2.45, 2.75) is 19.3 Å². The fourth-order valence-electron chi connectivity index (χ4n) is 18.2. The molecular formula is C105H70N4. The van der Waals surface area contributed by atoms with Crippen molar-refractivity contribution in [1.82, 2.24) is 18.3 Å². The number of benzene rings is 18. The van der Waals surface area contributed by atoms with Crippen molar-refractivity contribution in [3.63, 3.8) is 0 Å². The monoisotopic (exact) mass is 1390 g/mol. The van der Waals surface area contributed by atoms with Crippen LogP contribution in [0.15, 0.2) is 388 Å². The lowest BCUT2D eigenvalue weighted by Crippen LogP contribution is -2.15. The van der Waals surface area contributed by atoms with Crippen molar-refractivity contribution in [2.24, 2.45) is 0 Å². The summed E-state index contributed by atoms with van der Waals surface area (Å²) in [6, 6.07) is 143. The summed E-state index contributed by atoms with van der Waals surface area (Å²) in [7, 11) is 0. The molecule has 1 aliphatic carbocycles. The van der Waals surface area contributed by atoms with Crippen LogP contribution in [0.4, 0.5) is 0 Å². The Bertz CT molecular complexity index is 7500. The van der Waals surface area contributed by atoms with E-state index in [9.17, 15) is 0 Å². The lowest BCUT2D eigenvalue weighted by Gasteiger charge is -2.22. The molecule has 0 saturated carbocycles. The lowest BCUT2D eigenvalue weighted by atomic mass is 9.82. The van der Waals surface area contributed by atoms with Gasteiger partial charge in [-0.05, 0) is 208 Å². The number of fused-ring (bicyclic) bond motifs is 18. The summed E-state index contributed by atoms with van der Waals surface area (Å²) >= 11 is 0. The first-order valence-electron chi connectivity index (χ1n) is 37.8. The number of para-hydroxylation sites is 4. The van der Waals surface area contributed by atoms with Crippen LogP contribution in [0.25, 0.3) is 198 Å². The van der Waals surface area contributed by atoms with Gasteiger partial charge in [-0.25, -0.2) is 0 Å². The van der Waals surface area contributed by atoms with Crippen LogP contribution in [-0.4, -0.2) is 18.3 Å². The van der Waals surface area contributed by atoms with E-state index in [1.54, 1.807) is 0 Å². The van der Waals surface area contributed by atoms with Gasteiger partial charge < -0.3 is 18.3 Å². The Kier molecular flexibility index (Phi) is 14.0. The van der Waals surface area contributed by atoms with E-state index in [1.165, 1.54) is 209 Å². The highest BCUT2D eigenvalue weighted by Gasteiger charge is 2.36. The number of rotatable bonds is 8. The van der Waals surface area contributed by atoms with Crippen LogP contribution in [0.5, 0.6) is 0 Å². The quantitative estimate of drug-likeness (QED) is 0.144. The SMILES string of the molecule is CC1(C)c2ccccc2-c2ccc(-n3c4ccccc4c4ccc(-c5ccc(-c6ccc7c(c6)c6ccccc6n7-c6ccc7ccccc7c6)cc5)cc43)cc21.c1ccc2cc(-n3c4ccccc4c4cc(-c5ccc(-c6ccc7c8ccccc8n(-c8ccc9ccccc9c8)c7c6)cc5)ccc43)ccc2c1. The minimum Gasteiger partial charge on any atom is -0.309 e. The number of nitrogens with zero attached hydrogens (tertiary/aromatic N) is 4. The molecule has 0 fully saturated rings. The molecule has 23 rings (SSSR count). The van der Waals surface area contributed by atoms with Crippen molar-refractivity contribution in [2.75, 3.05) is 0 Å². The van der Waals surface area contributed by atoms with Gasteiger partial charge in [-0.3, -0.25) is 0 Å². The summed E-state index contributed by atoms with van der Waals surface area (Å²) in [5.41, 5.74) is 29.6. The van der Waals surface area contributed by atoms with Gasteiger partial charge in [0, 0.05) is 71.3 Å². The van der Waals surface area contributed by atoms with E-state index in [0.717, 1.165) is 0 Å². The van der Waals surface area contributed by atoms with Gasteiger partial charge in [-0.15, -0.1) is 0 Å². The highest BCUT2D eigenvalue weighted by Crippen LogP contribution is 2.50. The molecule has 0 spiro atoms. The minimum absolute atomic E-state index is 0.0631. The standard InChI is InChI=1S/C55H38N2.C50H32N2/c1-55(2)49-16-8-5-13-43(49)44-29-27-42(34-50(44)55)57-51-17-9-6-14-45(51)47-28-24-40(33-54(47)57)37-21-19-36(20-22-37)39-25-30-53-48(32-39)46-15-7-10-18-52(46)56(53)41-26-23-35-11-3-4-12-38(35)31-41;1-3-11-37-29-41(25-21-33(37)9-1)51-48-16-8-6-14-44(48)46-31-39(24-28-49(46)51)35-17-19-36(20-18-35)40-23-27-45-43-13-5-7-15-47(43)52(50(45)32-40)42-26-22-34-10-2-4-12-38(34)30-42/h3-34H,1-2H3;1-32H. The molecule has 0 unspecified atom stereocenters. The molecule has 0 aliphatic heterocycles. The second kappa shape index (κ2) is 24.5. The Balaban J connectivity index is 0.000000135. The molecule has 22 aromatic rings. The van der Waals surface area contributed by atoms with Crippen LogP contribution >= 0.6 is 0 Å². The highest BCUT2D eigenvalue weighted by molar-refractivity contribution is 6.14. The van der Waals surface area contributed by atoms with Gasteiger partial charge in [0.1, 0.15) is 0 Å². The molecule has 4 heterocycles. The maximum Gasteiger partial charge on any atom is 0.0547 e. The Morgan fingerprint density at radius 1 is 0.165 bits per heavy atom. The molecule has 18 aromatic carbocycles. The van der Waals surface area contributed by atoms with E-state index in [2.05, 4.69) is 420 Å². The van der Waals surface area contributed by atoms with Crippen LogP contribution in [0.2, 0.25) is 0 Å². The summed E-state index contributed by atoms with van der Waals surface area (Å²) in [5.74, 6) is 0. The van der Waals surface area contributed by atoms with E-state index in [4.69, 9.17) is 0 Å². The van der Waals surface area contributed by atoms with Gasteiger partial charge in [0.25, 0.3) is 0 Å². The highest BCUT2D eigenvalue weighted by atomic mass is 15.0. The molecule has 0 saturated heterocycles. The first-order chi connectivity index (χ1) is 53.8. The zero-order chi connectivity index (χ0) is 72.0. The van der Waals surface area contributed by atoms with Crippen LogP contribution in [0.3, 0.4) is 0 Å². The largest absolute Gasteiger partial charge is 0.309 e. The van der Waals surface area contributed by atoms with Crippen molar-refractivity contribution >= 4 is 120 Å². The van der Waals surface area contributed by atoms with Crippen molar-refractivity contribution in [3.8, 4) is 78.4 Å². The predicted molar refractivity (Wildman–Crippen MR) is 462 cm³/mol. The maximum atomic E-state index is 2.46. The Morgan fingerprint density at radius 3 is 0.853 bits per heavy atom. The molecule has 0 atom stereocenters. The first-order valence-corrected chi connectivity index (χ1v) is 37.8. The molecule has 0 radical (unpaired) electrons. The third-order valence-electron chi connectivity index (χ3n) is 23.6. The number of hydrogen-bond acceptors (Lipinski definition) is 0. The van der Waals surface area contributed by atoms with Crippen LogP contribution in [0, 0.1) is 0 Å². The summed E-state index contributed by atoms with van der Waals surface area (Å²) < 4.78 is 9.68. The zero-order valence-corrected chi connectivity index (χ0v) is 60.2. The minimum atomic E-state index is -0.0631.